The number of carboxylic acid groups (broad SMARTS) is 1. The van der Waals surface area contributed by atoms with Gasteiger partial charge < -0.3 is 14.9 Å². The third kappa shape index (κ3) is 6.21. The van der Waals surface area contributed by atoms with Gasteiger partial charge in [0.25, 0.3) is 10.0 Å². The van der Waals surface area contributed by atoms with Crippen LogP contribution in [0.15, 0.2) is 65.3 Å². The molecule has 1 fully saturated rings. The minimum Gasteiger partial charge on any atom is -0.478 e. The van der Waals surface area contributed by atoms with Crippen LogP contribution in [-0.2, 0) is 21.4 Å². The molecule has 43 heavy (non-hydrogen) atoms. The molecule has 0 aliphatic carbocycles. The molecular formula is C29H31ClN6O5S2. The highest BCUT2D eigenvalue weighted by molar-refractivity contribution is 7.91. The van der Waals surface area contributed by atoms with Crippen LogP contribution in [0.2, 0.25) is 4.34 Å². The van der Waals surface area contributed by atoms with Crippen LogP contribution in [0.4, 0.5) is 5.82 Å². The van der Waals surface area contributed by atoms with Gasteiger partial charge in [-0.3, -0.25) is 9.78 Å². The highest BCUT2D eigenvalue weighted by Crippen LogP contribution is 2.33. The number of pyridine rings is 1. The molecule has 1 N–H and O–H groups in total. The maximum atomic E-state index is 14.6. The number of amides is 1. The van der Waals surface area contributed by atoms with E-state index >= 15 is 0 Å². The van der Waals surface area contributed by atoms with E-state index in [0.29, 0.717) is 28.6 Å². The van der Waals surface area contributed by atoms with Crippen molar-refractivity contribution < 1.29 is 23.1 Å². The fraction of sp³-hybridized carbons (Fsp3) is 0.345. The second-order valence-corrected chi connectivity index (χ2v) is 14.6. The molecule has 3 aromatic heterocycles. The molecule has 0 radical (unpaired) electrons. The van der Waals surface area contributed by atoms with Gasteiger partial charge in [-0.1, -0.05) is 48.9 Å². The number of piperazine rings is 1. The van der Waals surface area contributed by atoms with Gasteiger partial charge >= 0.3 is 5.97 Å². The van der Waals surface area contributed by atoms with E-state index in [2.05, 4.69) is 15.0 Å². The van der Waals surface area contributed by atoms with E-state index in [-0.39, 0.29) is 40.8 Å². The van der Waals surface area contributed by atoms with E-state index in [4.69, 9.17) is 11.6 Å². The first-order valence-electron chi connectivity index (χ1n) is 13.6. The SMILES string of the molecule is CCC(C)(C)N(Cc1ccccc1)C(=O)C1CN(c2cnc3cncc(C(=O)O)c3n2)CCN1S(=O)(=O)c1ccc(Cl)s1. The minimum absolute atomic E-state index is 0.0121. The summed E-state index contributed by atoms with van der Waals surface area (Å²) in [5.74, 6) is -1.21. The second-order valence-electron chi connectivity index (χ2n) is 10.8. The number of carboxylic acids is 1. The molecule has 0 spiro atoms. The van der Waals surface area contributed by atoms with E-state index < -0.39 is 27.6 Å². The molecule has 1 amide bonds. The van der Waals surface area contributed by atoms with Crippen LogP contribution in [0.25, 0.3) is 11.0 Å². The van der Waals surface area contributed by atoms with Crippen molar-refractivity contribution in [2.75, 3.05) is 24.5 Å². The third-order valence-corrected chi connectivity index (χ3v) is 11.4. The molecule has 226 valence electrons. The second kappa shape index (κ2) is 12.2. The van der Waals surface area contributed by atoms with Gasteiger partial charge in [-0.15, -0.1) is 11.3 Å². The zero-order chi connectivity index (χ0) is 30.9. The fourth-order valence-corrected chi connectivity index (χ4v) is 8.15. The number of aromatic carboxylic acids is 1. The summed E-state index contributed by atoms with van der Waals surface area (Å²) in [6.45, 7) is 6.37. The Morgan fingerprint density at radius 3 is 2.51 bits per heavy atom. The van der Waals surface area contributed by atoms with Crippen LogP contribution in [0, 0.1) is 0 Å². The number of carbonyl (C=O) groups excluding carboxylic acids is 1. The molecular weight excluding hydrogens is 612 g/mol. The van der Waals surface area contributed by atoms with Gasteiger partial charge in [0, 0.05) is 37.9 Å². The molecule has 1 unspecified atom stereocenters. The summed E-state index contributed by atoms with van der Waals surface area (Å²) in [6, 6.07) is 11.4. The summed E-state index contributed by atoms with van der Waals surface area (Å²) in [6.07, 6.45) is 4.76. The number of anilines is 1. The Labute approximate surface area is 258 Å². The minimum atomic E-state index is -4.08. The van der Waals surface area contributed by atoms with Gasteiger partial charge in [-0.25, -0.2) is 23.2 Å². The number of aromatic nitrogens is 3. The largest absolute Gasteiger partial charge is 0.478 e. The van der Waals surface area contributed by atoms with Crippen molar-refractivity contribution in [3.05, 3.63) is 76.5 Å². The number of thiophene rings is 1. The van der Waals surface area contributed by atoms with Crippen molar-refractivity contribution in [1.82, 2.24) is 24.2 Å². The first-order chi connectivity index (χ1) is 20.4. The lowest BCUT2D eigenvalue weighted by Crippen LogP contribution is -2.63. The summed E-state index contributed by atoms with van der Waals surface area (Å²) in [4.78, 5) is 42.8. The number of benzene rings is 1. The lowest BCUT2D eigenvalue weighted by atomic mass is 9.96. The number of nitrogens with zero attached hydrogens (tertiary/aromatic N) is 6. The maximum Gasteiger partial charge on any atom is 0.339 e. The zero-order valence-corrected chi connectivity index (χ0v) is 26.2. The summed E-state index contributed by atoms with van der Waals surface area (Å²) in [5.41, 5.74) is 0.687. The topological polar surface area (TPSA) is 137 Å². The Morgan fingerprint density at radius 1 is 1.12 bits per heavy atom. The lowest BCUT2D eigenvalue weighted by molar-refractivity contribution is -0.142. The van der Waals surface area contributed by atoms with Gasteiger partial charge in [0.1, 0.15) is 32.7 Å². The van der Waals surface area contributed by atoms with Crippen molar-refractivity contribution in [2.24, 2.45) is 0 Å². The van der Waals surface area contributed by atoms with E-state index in [1.165, 1.54) is 35.0 Å². The Morgan fingerprint density at radius 2 is 1.86 bits per heavy atom. The predicted molar refractivity (Wildman–Crippen MR) is 165 cm³/mol. The molecule has 1 aliphatic rings. The normalized spacial score (nSPS) is 16.4. The van der Waals surface area contributed by atoms with Crippen molar-refractivity contribution in [3.63, 3.8) is 0 Å². The first kappa shape index (κ1) is 30.8. The molecule has 1 saturated heterocycles. The number of fused-ring (bicyclic) bond motifs is 1. The quantitative estimate of drug-likeness (QED) is 0.279. The molecule has 1 atom stereocenters. The Balaban J connectivity index is 1.57. The highest BCUT2D eigenvalue weighted by Gasteiger charge is 2.45. The molecule has 1 aromatic carbocycles. The molecule has 11 nitrogen and oxygen atoms in total. The van der Waals surface area contributed by atoms with Crippen LogP contribution >= 0.6 is 22.9 Å². The summed E-state index contributed by atoms with van der Waals surface area (Å²) in [5, 5.41) is 9.66. The molecule has 1 aliphatic heterocycles. The van der Waals surface area contributed by atoms with E-state index in [1.54, 1.807) is 9.80 Å². The van der Waals surface area contributed by atoms with Gasteiger partial charge in [0.05, 0.1) is 16.7 Å². The smallest absolute Gasteiger partial charge is 0.339 e. The molecule has 14 heteroatoms. The van der Waals surface area contributed by atoms with Crippen LogP contribution < -0.4 is 4.90 Å². The molecule has 5 rings (SSSR count). The van der Waals surface area contributed by atoms with Crippen LogP contribution in [0.5, 0.6) is 0 Å². The first-order valence-corrected chi connectivity index (χ1v) is 16.3. The van der Waals surface area contributed by atoms with Crippen molar-refractivity contribution in [3.8, 4) is 0 Å². The van der Waals surface area contributed by atoms with E-state index in [0.717, 1.165) is 16.9 Å². The molecule has 0 bridgehead atoms. The molecule has 4 aromatic rings. The maximum absolute atomic E-state index is 14.6. The summed E-state index contributed by atoms with van der Waals surface area (Å²) >= 11 is 7.04. The average Bonchev–Trinajstić information content (AvgIpc) is 3.46. The number of sulfonamides is 1. The van der Waals surface area contributed by atoms with Crippen molar-refractivity contribution in [2.45, 2.75) is 49.5 Å². The van der Waals surface area contributed by atoms with E-state index in [9.17, 15) is 23.1 Å². The summed E-state index contributed by atoms with van der Waals surface area (Å²) < 4.78 is 29.5. The van der Waals surface area contributed by atoms with Gasteiger partial charge in [0.15, 0.2) is 0 Å². The lowest BCUT2D eigenvalue weighted by Gasteiger charge is -2.45. The van der Waals surface area contributed by atoms with Crippen LogP contribution in [0.3, 0.4) is 0 Å². The molecule has 0 saturated carbocycles. The Kier molecular flexibility index (Phi) is 8.70. The number of halogens is 1. The Hall–Kier alpha value is -3.65. The predicted octanol–water partition coefficient (Wildman–Crippen LogP) is 4.53. The number of hydrogen-bond donors (Lipinski definition) is 1. The highest BCUT2D eigenvalue weighted by atomic mass is 35.5. The van der Waals surface area contributed by atoms with Crippen molar-refractivity contribution in [1.29, 1.82) is 0 Å². The van der Waals surface area contributed by atoms with Gasteiger partial charge in [-0.05, 0) is 38.0 Å². The van der Waals surface area contributed by atoms with Gasteiger partial charge in [0.2, 0.25) is 5.91 Å². The van der Waals surface area contributed by atoms with Gasteiger partial charge in [-0.2, -0.15) is 4.31 Å². The standard InChI is InChI=1S/C29H31ClN6O5S2/c1-4-29(2,3)35(17-19-8-6-5-7-9-19)27(37)22-18-34(12-13-36(22)43(40,41)25-11-10-23(30)42-25)24-16-32-21-15-31-14-20(28(38)39)26(21)33-24/h5-11,14-16,22H,4,12-13,17-18H2,1-3H3,(H,38,39). The average molecular weight is 643 g/mol. The number of hydrogen-bond acceptors (Lipinski definition) is 9. The van der Waals surface area contributed by atoms with Crippen LogP contribution in [0.1, 0.15) is 43.1 Å². The van der Waals surface area contributed by atoms with Crippen LogP contribution in [-0.4, -0.2) is 80.8 Å². The monoisotopic (exact) mass is 642 g/mol. The number of carbonyl (C=O) groups is 2. The molecule has 4 heterocycles. The Bertz CT molecular complexity index is 1770. The fourth-order valence-electron chi connectivity index (χ4n) is 4.98. The van der Waals surface area contributed by atoms with Crippen molar-refractivity contribution >= 4 is 61.7 Å². The third-order valence-electron chi connectivity index (χ3n) is 7.77. The van der Waals surface area contributed by atoms with E-state index in [1.807, 2.05) is 51.1 Å². The summed E-state index contributed by atoms with van der Waals surface area (Å²) in [7, 11) is -4.08. The zero-order valence-electron chi connectivity index (χ0n) is 23.8. The number of rotatable bonds is 9.